The first-order chi connectivity index (χ1) is 6.20. The van der Waals surface area contributed by atoms with Crippen molar-refractivity contribution in [1.29, 1.82) is 0 Å². The lowest BCUT2D eigenvalue weighted by atomic mass is 10.2. The van der Waals surface area contributed by atoms with Crippen molar-refractivity contribution < 1.29 is 4.79 Å². The van der Waals surface area contributed by atoms with E-state index in [2.05, 4.69) is 15.5 Å². The van der Waals surface area contributed by atoms with Crippen molar-refractivity contribution in [2.75, 3.05) is 0 Å². The van der Waals surface area contributed by atoms with Gasteiger partial charge in [0.2, 0.25) is 5.91 Å². The van der Waals surface area contributed by atoms with Crippen molar-refractivity contribution >= 4 is 5.91 Å². The Bertz CT molecular complexity index is 271. The molecule has 0 saturated heterocycles. The topological polar surface area (TPSA) is 54.9 Å². The molecule has 1 aromatic rings. The minimum atomic E-state index is 0.0230. The lowest BCUT2D eigenvalue weighted by Crippen LogP contribution is -2.27. The first-order valence-corrected chi connectivity index (χ1v) is 4.23. The van der Waals surface area contributed by atoms with Gasteiger partial charge in [0.1, 0.15) is 0 Å². The molecular formula is C9H13N3O. The predicted molar refractivity (Wildman–Crippen MR) is 48.7 cm³/mol. The van der Waals surface area contributed by atoms with Crippen molar-refractivity contribution in [3.05, 3.63) is 24.0 Å². The molecule has 0 fully saturated rings. The van der Waals surface area contributed by atoms with Gasteiger partial charge in [-0.25, -0.2) is 0 Å². The van der Waals surface area contributed by atoms with Gasteiger partial charge in [0.15, 0.2) is 0 Å². The SMILES string of the molecule is CC(C)C(=O)NCc1ccnnc1. The van der Waals surface area contributed by atoms with Crippen LogP contribution in [-0.2, 0) is 11.3 Å². The van der Waals surface area contributed by atoms with Gasteiger partial charge in [-0.2, -0.15) is 10.2 Å². The summed E-state index contributed by atoms with van der Waals surface area (Å²) < 4.78 is 0. The molecule has 0 spiro atoms. The standard InChI is InChI=1S/C9H13N3O/c1-7(2)9(13)10-5-8-3-4-11-12-6-8/h3-4,6-7H,5H2,1-2H3,(H,10,13). The zero-order valence-electron chi connectivity index (χ0n) is 7.82. The number of carbonyl (C=O) groups excluding carboxylic acids is 1. The lowest BCUT2D eigenvalue weighted by Gasteiger charge is -2.06. The van der Waals surface area contributed by atoms with Gasteiger partial charge in [0, 0.05) is 18.7 Å². The quantitative estimate of drug-likeness (QED) is 0.744. The molecule has 0 atom stereocenters. The van der Waals surface area contributed by atoms with Crippen LogP contribution in [0.3, 0.4) is 0 Å². The Hall–Kier alpha value is -1.45. The number of carbonyl (C=O) groups is 1. The molecule has 0 bridgehead atoms. The highest BCUT2D eigenvalue weighted by atomic mass is 16.1. The van der Waals surface area contributed by atoms with Crippen LogP contribution in [0.2, 0.25) is 0 Å². The molecule has 1 amide bonds. The summed E-state index contributed by atoms with van der Waals surface area (Å²) in [6.45, 7) is 4.24. The molecule has 0 aliphatic rings. The molecule has 13 heavy (non-hydrogen) atoms. The van der Waals surface area contributed by atoms with E-state index in [4.69, 9.17) is 0 Å². The number of nitrogens with zero attached hydrogens (tertiary/aromatic N) is 2. The predicted octanol–water partition coefficient (Wildman–Crippen LogP) is 0.749. The summed E-state index contributed by atoms with van der Waals surface area (Å²) in [5.74, 6) is 0.0756. The van der Waals surface area contributed by atoms with E-state index in [0.717, 1.165) is 5.56 Å². The summed E-state index contributed by atoms with van der Waals surface area (Å²) in [5.41, 5.74) is 0.962. The van der Waals surface area contributed by atoms with Gasteiger partial charge < -0.3 is 5.32 Å². The van der Waals surface area contributed by atoms with Crippen molar-refractivity contribution in [2.24, 2.45) is 5.92 Å². The number of amides is 1. The van der Waals surface area contributed by atoms with Crippen LogP contribution in [0.5, 0.6) is 0 Å². The summed E-state index contributed by atoms with van der Waals surface area (Å²) in [7, 11) is 0. The fraction of sp³-hybridized carbons (Fsp3) is 0.444. The Morgan fingerprint density at radius 3 is 2.85 bits per heavy atom. The average molecular weight is 179 g/mol. The zero-order valence-corrected chi connectivity index (χ0v) is 7.82. The molecule has 1 N–H and O–H groups in total. The molecule has 1 rings (SSSR count). The van der Waals surface area contributed by atoms with Crippen LogP contribution in [0, 0.1) is 5.92 Å². The number of aromatic nitrogens is 2. The van der Waals surface area contributed by atoms with Crippen molar-refractivity contribution in [1.82, 2.24) is 15.5 Å². The third-order valence-corrected chi connectivity index (χ3v) is 1.64. The van der Waals surface area contributed by atoms with Crippen LogP contribution in [0.1, 0.15) is 19.4 Å². The third kappa shape index (κ3) is 3.19. The summed E-state index contributed by atoms with van der Waals surface area (Å²) >= 11 is 0. The summed E-state index contributed by atoms with van der Waals surface area (Å²) in [4.78, 5) is 11.2. The molecular weight excluding hydrogens is 166 g/mol. The van der Waals surface area contributed by atoms with E-state index in [-0.39, 0.29) is 11.8 Å². The van der Waals surface area contributed by atoms with Gasteiger partial charge in [-0.1, -0.05) is 13.8 Å². The van der Waals surface area contributed by atoms with E-state index in [9.17, 15) is 4.79 Å². The number of rotatable bonds is 3. The Balaban J connectivity index is 2.40. The molecule has 4 heteroatoms. The average Bonchev–Trinajstić information content (AvgIpc) is 2.15. The van der Waals surface area contributed by atoms with Crippen LogP contribution >= 0.6 is 0 Å². The second kappa shape index (κ2) is 4.54. The Kier molecular flexibility index (Phi) is 3.37. The summed E-state index contributed by atoms with van der Waals surface area (Å²) in [6.07, 6.45) is 3.25. The molecule has 0 radical (unpaired) electrons. The van der Waals surface area contributed by atoms with Crippen molar-refractivity contribution in [2.45, 2.75) is 20.4 Å². The molecule has 0 unspecified atom stereocenters. The molecule has 0 saturated carbocycles. The fourth-order valence-electron chi connectivity index (χ4n) is 0.816. The van der Waals surface area contributed by atoms with E-state index < -0.39 is 0 Å². The minimum Gasteiger partial charge on any atom is -0.352 e. The Morgan fingerprint density at radius 1 is 1.54 bits per heavy atom. The Labute approximate surface area is 77.4 Å². The summed E-state index contributed by atoms with van der Waals surface area (Å²) in [6, 6.07) is 1.83. The highest BCUT2D eigenvalue weighted by Crippen LogP contribution is 1.95. The minimum absolute atomic E-state index is 0.0230. The fourth-order valence-corrected chi connectivity index (χ4v) is 0.816. The third-order valence-electron chi connectivity index (χ3n) is 1.64. The molecule has 1 heterocycles. The highest BCUT2D eigenvalue weighted by molar-refractivity contribution is 5.77. The maximum atomic E-state index is 11.2. The van der Waals surface area contributed by atoms with Crippen molar-refractivity contribution in [3.63, 3.8) is 0 Å². The summed E-state index contributed by atoms with van der Waals surface area (Å²) in [5, 5.41) is 10.1. The van der Waals surface area contributed by atoms with Gasteiger partial charge in [-0.3, -0.25) is 4.79 Å². The van der Waals surface area contributed by atoms with Crippen LogP contribution in [0.4, 0.5) is 0 Å². The maximum absolute atomic E-state index is 11.2. The first-order valence-electron chi connectivity index (χ1n) is 4.23. The largest absolute Gasteiger partial charge is 0.352 e. The lowest BCUT2D eigenvalue weighted by molar-refractivity contribution is -0.124. The van der Waals surface area contributed by atoms with Crippen LogP contribution in [-0.4, -0.2) is 16.1 Å². The second-order valence-corrected chi connectivity index (χ2v) is 3.12. The van der Waals surface area contributed by atoms with Crippen LogP contribution in [0.15, 0.2) is 18.5 Å². The molecule has 70 valence electrons. The molecule has 0 aliphatic carbocycles. The number of hydrogen-bond donors (Lipinski definition) is 1. The van der Waals surface area contributed by atoms with Gasteiger partial charge in [-0.15, -0.1) is 0 Å². The van der Waals surface area contributed by atoms with E-state index in [1.54, 1.807) is 12.4 Å². The second-order valence-electron chi connectivity index (χ2n) is 3.12. The van der Waals surface area contributed by atoms with E-state index >= 15 is 0 Å². The van der Waals surface area contributed by atoms with Crippen LogP contribution in [0.25, 0.3) is 0 Å². The molecule has 1 aromatic heterocycles. The molecule has 0 aromatic carbocycles. The molecule has 0 aliphatic heterocycles. The van der Waals surface area contributed by atoms with E-state index in [1.165, 1.54) is 0 Å². The normalized spacial score (nSPS) is 10.1. The van der Waals surface area contributed by atoms with Gasteiger partial charge >= 0.3 is 0 Å². The van der Waals surface area contributed by atoms with Gasteiger partial charge in [0.05, 0.1) is 6.20 Å². The van der Waals surface area contributed by atoms with Gasteiger partial charge in [0.25, 0.3) is 0 Å². The Morgan fingerprint density at radius 2 is 2.31 bits per heavy atom. The first kappa shape index (κ1) is 9.64. The highest BCUT2D eigenvalue weighted by Gasteiger charge is 2.05. The molecule has 4 nitrogen and oxygen atoms in total. The van der Waals surface area contributed by atoms with E-state index in [1.807, 2.05) is 19.9 Å². The maximum Gasteiger partial charge on any atom is 0.222 e. The zero-order chi connectivity index (χ0) is 9.68. The van der Waals surface area contributed by atoms with Crippen molar-refractivity contribution in [3.8, 4) is 0 Å². The monoisotopic (exact) mass is 179 g/mol. The van der Waals surface area contributed by atoms with Gasteiger partial charge in [-0.05, 0) is 11.6 Å². The number of nitrogens with one attached hydrogen (secondary N) is 1. The van der Waals surface area contributed by atoms with Crippen LogP contribution < -0.4 is 5.32 Å². The number of hydrogen-bond acceptors (Lipinski definition) is 3. The van der Waals surface area contributed by atoms with E-state index in [0.29, 0.717) is 6.54 Å². The smallest absolute Gasteiger partial charge is 0.222 e.